The van der Waals surface area contributed by atoms with Gasteiger partial charge >= 0.3 is 11.7 Å². The number of likely N-dealkylation sites (tertiary alicyclic amines) is 1. The molecule has 0 aliphatic carbocycles. The Labute approximate surface area is 163 Å². The molecule has 148 valence electrons. The number of hydrogen-bond acceptors (Lipinski definition) is 7. The molecule has 0 radical (unpaired) electrons. The van der Waals surface area contributed by atoms with Crippen molar-refractivity contribution in [2.24, 2.45) is 5.73 Å². The molecular weight excluding hydrogens is 362 g/mol. The van der Waals surface area contributed by atoms with Crippen LogP contribution >= 0.6 is 0 Å². The van der Waals surface area contributed by atoms with Gasteiger partial charge in [-0.15, -0.1) is 0 Å². The number of rotatable bonds is 7. The molecule has 0 bridgehead atoms. The summed E-state index contributed by atoms with van der Waals surface area (Å²) in [5.41, 5.74) is 8.14. The number of nitrogens with zero attached hydrogens (tertiary/aromatic N) is 2. The molecule has 28 heavy (non-hydrogen) atoms. The molecule has 2 atom stereocenters. The number of benzene rings is 2. The first-order chi connectivity index (χ1) is 13.5. The topological polar surface area (TPSA) is 108 Å². The van der Waals surface area contributed by atoms with Crippen LogP contribution in [0.1, 0.15) is 17.0 Å². The van der Waals surface area contributed by atoms with Crippen LogP contribution in [0.3, 0.4) is 0 Å². The molecule has 3 rings (SSSR count). The highest BCUT2D eigenvalue weighted by Crippen LogP contribution is 2.31. The van der Waals surface area contributed by atoms with Crippen molar-refractivity contribution >= 4 is 11.7 Å². The van der Waals surface area contributed by atoms with Gasteiger partial charge < -0.3 is 15.2 Å². The summed E-state index contributed by atoms with van der Waals surface area (Å²) in [7, 11) is 1.23. The van der Waals surface area contributed by atoms with Crippen molar-refractivity contribution in [3.05, 3.63) is 69.8 Å². The zero-order chi connectivity index (χ0) is 20.1. The Morgan fingerprint density at radius 2 is 2.00 bits per heavy atom. The Morgan fingerprint density at radius 1 is 1.25 bits per heavy atom. The summed E-state index contributed by atoms with van der Waals surface area (Å²) in [5, 5.41) is 11.4. The van der Waals surface area contributed by atoms with Crippen molar-refractivity contribution < 1.29 is 19.2 Å². The second-order valence-corrected chi connectivity index (χ2v) is 6.80. The molecule has 1 heterocycles. The van der Waals surface area contributed by atoms with Gasteiger partial charge in [0.25, 0.3) is 0 Å². The van der Waals surface area contributed by atoms with Crippen LogP contribution in [-0.2, 0) is 16.1 Å². The van der Waals surface area contributed by atoms with E-state index in [-0.39, 0.29) is 30.0 Å². The van der Waals surface area contributed by atoms with Crippen molar-refractivity contribution in [2.75, 3.05) is 26.8 Å². The van der Waals surface area contributed by atoms with Crippen LogP contribution in [0.2, 0.25) is 0 Å². The van der Waals surface area contributed by atoms with Crippen LogP contribution in [0.4, 0.5) is 5.69 Å². The second-order valence-electron chi connectivity index (χ2n) is 6.80. The minimum Gasteiger partial charge on any atom is -0.475 e. The lowest BCUT2D eigenvalue weighted by Crippen LogP contribution is -2.28. The van der Waals surface area contributed by atoms with E-state index >= 15 is 0 Å². The van der Waals surface area contributed by atoms with E-state index in [1.54, 1.807) is 6.07 Å². The van der Waals surface area contributed by atoms with E-state index in [4.69, 9.17) is 10.5 Å². The summed E-state index contributed by atoms with van der Waals surface area (Å²) in [6, 6.07) is 14.9. The van der Waals surface area contributed by atoms with E-state index in [0.717, 1.165) is 12.1 Å². The first-order valence-electron chi connectivity index (χ1n) is 8.97. The van der Waals surface area contributed by atoms with Crippen molar-refractivity contribution in [3.63, 3.8) is 0 Å². The summed E-state index contributed by atoms with van der Waals surface area (Å²) < 4.78 is 9.71. The Bertz CT molecular complexity index is 843. The van der Waals surface area contributed by atoms with Crippen LogP contribution in [0.15, 0.2) is 48.5 Å². The number of methoxy groups -OCH3 is 1. The molecule has 1 aliphatic rings. The van der Waals surface area contributed by atoms with Gasteiger partial charge in [-0.1, -0.05) is 36.4 Å². The Balaban J connectivity index is 1.70. The van der Waals surface area contributed by atoms with Gasteiger partial charge in [0, 0.05) is 37.7 Å². The quantitative estimate of drug-likeness (QED) is 0.441. The standard InChI is InChI=1S/C20H23N3O5/c1-27-20(24)13-28-19-8-7-14(9-18(19)23(25)26)10-22-11-16(17(21)12-22)15-5-3-2-4-6-15/h2-9,16-17H,10-13,21H2,1H3/t16-,17+/m0/s1. The van der Waals surface area contributed by atoms with Gasteiger partial charge in [-0.3, -0.25) is 15.0 Å². The number of hydrogen-bond donors (Lipinski definition) is 1. The lowest BCUT2D eigenvalue weighted by Gasteiger charge is -2.16. The Kier molecular flexibility index (Phi) is 6.23. The number of ether oxygens (including phenoxy) is 2. The van der Waals surface area contributed by atoms with Gasteiger partial charge in [0.05, 0.1) is 12.0 Å². The SMILES string of the molecule is COC(=O)COc1ccc(CN2C[C@@H](N)[C@H](c3ccccc3)C2)cc1[N+](=O)[O-]. The third kappa shape index (κ3) is 4.65. The normalized spacial score (nSPS) is 19.4. The average molecular weight is 385 g/mol. The number of nitro groups is 1. The molecule has 8 nitrogen and oxygen atoms in total. The van der Waals surface area contributed by atoms with Crippen LogP contribution in [-0.4, -0.2) is 48.6 Å². The molecule has 2 aromatic carbocycles. The predicted octanol–water partition coefficient (Wildman–Crippen LogP) is 2.07. The molecule has 1 aliphatic heterocycles. The van der Waals surface area contributed by atoms with Crippen LogP contribution < -0.4 is 10.5 Å². The largest absolute Gasteiger partial charge is 0.475 e. The van der Waals surface area contributed by atoms with Gasteiger partial charge in [0.2, 0.25) is 0 Å². The molecule has 2 aromatic rings. The zero-order valence-electron chi connectivity index (χ0n) is 15.6. The lowest BCUT2D eigenvalue weighted by atomic mass is 9.95. The molecule has 1 fully saturated rings. The first-order valence-corrected chi connectivity index (χ1v) is 8.97. The highest BCUT2D eigenvalue weighted by Gasteiger charge is 2.31. The van der Waals surface area contributed by atoms with E-state index in [9.17, 15) is 14.9 Å². The van der Waals surface area contributed by atoms with Gasteiger partial charge in [0.15, 0.2) is 12.4 Å². The minimum absolute atomic E-state index is 0.0139. The maximum Gasteiger partial charge on any atom is 0.343 e. The van der Waals surface area contributed by atoms with E-state index in [1.807, 2.05) is 18.2 Å². The minimum atomic E-state index is -0.601. The molecule has 0 unspecified atom stereocenters. The van der Waals surface area contributed by atoms with Crippen molar-refractivity contribution in [1.82, 2.24) is 4.90 Å². The lowest BCUT2D eigenvalue weighted by molar-refractivity contribution is -0.385. The molecule has 2 N–H and O–H groups in total. The van der Waals surface area contributed by atoms with E-state index < -0.39 is 10.9 Å². The molecule has 0 spiro atoms. The fourth-order valence-electron chi connectivity index (χ4n) is 3.48. The van der Waals surface area contributed by atoms with Crippen LogP contribution in [0.5, 0.6) is 5.75 Å². The number of nitro benzene ring substituents is 1. The van der Waals surface area contributed by atoms with Crippen molar-refractivity contribution in [2.45, 2.75) is 18.5 Å². The van der Waals surface area contributed by atoms with E-state index in [2.05, 4.69) is 21.8 Å². The first kappa shape index (κ1) is 19.8. The average Bonchev–Trinajstić information content (AvgIpc) is 3.07. The highest BCUT2D eigenvalue weighted by atomic mass is 16.6. The van der Waals surface area contributed by atoms with E-state index in [0.29, 0.717) is 13.1 Å². The Morgan fingerprint density at radius 3 is 2.68 bits per heavy atom. The van der Waals surface area contributed by atoms with Crippen LogP contribution in [0, 0.1) is 10.1 Å². The number of carbonyl (C=O) groups is 1. The van der Waals surface area contributed by atoms with Crippen molar-refractivity contribution in [1.29, 1.82) is 0 Å². The summed E-state index contributed by atoms with van der Waals surface area (Å²) in [6.07, 6.45) is 0. The third-order valence-corrected chi connectivity index (χ3v) is 4.87. The predicted molar refractivity (Wildman–Crippen MR) is 103 cm³/mol. The summed E-state index contributed by atoms with van der Waals surface area (Å²) in [6.45, 7) is 1.68. The number of nitrogens with two attached hydrogens (primary N) is 1. The van der Waals surface area contributed by atoms with Gasteiger partial charge in [-0.25, -0.2) is 4.79 Å². The van der Waals surface area contributed by atoms with Gasteiger partial charge in [0.1, 0.15) is 0 Å². The number of esters is 1. The zero-order valence-corrected chi connectivity index (χ0v) is 15.6. The molecule has 1 saturated heterocycles. The second kappa shape index (κ2) is 8.81. The maximum absolute atomic E-state index is 11.4. The Hall–Kier alpha value is -2.97. The molecule has 0 saturated carbocycles. The summed E-state index contributed by atoms with van der Waals surface area (Å²) in [4.78, 5) is 24.3. The summed E-state index contributed by atoms with van der Waals surface area (Å²) in [5.74, 6) is -0.324. The molecule has 8 heteroatoms. The van der Waals surface area contributed by atoms with Crippen molar-refractivity contribution in [3.8, 4) is 5.75 Å². The smallest absolute Gasteiger partial charge is 0.343 e. The van der Waals surface area contributed by atoms with Gasteiger partial charge in [-0.2, -0.15) is 0 Å². The molecule has 0 aromatic heterocycles. The third-order valence-electron chi connectivity index (χ3n) is 4.87. The highest BCUT2D eigenvalue weighted by molar-refractivity contribution is 5.71. The van der Waals surface area contributed by atoms with Crippen LogP contribution in [0.25, 0.3) is 0 Å². The maximum atomic E-state index is 11.4. The van der Waals surface area contributed by atoms with Gasteiger partial charge in [-0.05, 0) is 17.2 Å². The fourth-order valence-corrected chi connectivity index (χ4v) is 3.48. The molecule has 0 amide bonds. The molecular formula is C20H23N3O5. The fraction of sp³-hybridized carbons (Fsp3) is 0.350. The monoisotopic (exact) mass is 385 g/mol. The van der Waals surface area contributed by atoms with E-state index in [1.165, 1.54) is 24.8 Å². The summed E-state index contributed by atoms with van der Waals surface area (Å²) >= 11 is 0. The number of carbonyl (C=O) groups excluding carboxylic acids is 1.